The standard InChI is InChI=1S/C17H28N2O5S2/c1-14(2)24-11-6-9-18-26(22,23)17-8-7-16(13-15(17)3)19-10-4-5-12-25(19,20)21/h7-8,13-14,18H,4-6,9-12H2,1-3H3. The minimum atomic E-state index is -3.64. The van der Waals surface area contributed by atoms with Crippen LogP contribution in [0.15, 0.2) is 23.1 Å². The molecule has 0 aromatic heterocycles. The Morgan fingerprint density at radius 1 is 1.27 bits per heavy atom. The number of hydrogen-bond acceptors (Lipinski definition) is 5. The largest absolute Gasteiger partial charge is 0.379 e. The van der Waals surface area contributed by atoms with Gasteiger partial charge in [-0.15, -0.1) is 0 Å². The van der Waals surface area contributed by atoms with E-state index in [4.69, 9.17) is 4.74 Å². The van der Waals surface area contributed by atoms with Crippen molar-refractivity contribution in [3.63, 3.8) is 0 Å². The van der Waals surface area contributed by atoms with Gasteiger partial charge in [0, 0.05) is 19.7 Å². The number of rotatable bonds is 8. The molecule has 1 aliphatic heterocycles. The molecule has 1 saturated heterocycles. The molecule has 0 atom stereocenters. The SMILES string of the molecule is Cc1cc(N2CCCCS2(=O)=O)ccc1S(=O)(=O)NCCCOC(C)C. The summed E-state index contributed by atoms with van der Waals surface area (Å²) in [5.41, 5.74) is 1.04. The predicted octanol–water partition coefficient (Wildman–Crippen LogP) is 2.02. The van der Waals surface area contributed by atoms with Crippen molar-refractivity contribution < 1.29 is 21.6 Å². The van der Waals surface area contributed by atoms with Gasteiger partial charge >= 0.3 is 0 Å². The van der Waals surface area contributed by atoms with Gasteiger partial charge in [-0.3, -0.25) is 4.31 Å². The van der Waals surface area contributed by atoms with Gasteiger partial charge in [0.1, 0.15) is 0 Å². The van der Waals surface area contributed by atoms with Gasteiger partial charge in [-0.2, -0.15) is 0 Å². The van der Waals surface area contributed by atoms with Crippen LogP contribution in [0.5, 0.6) is 0 Å². The molecule has 1 aromatic rings. The molecule has 0 amide bonds. The average Bonchev–Trinajstić information content (AvgIpc) is 2.53. The Morgan fingerprint density at radius 3 is 2.62 bits per heavy atom. The van der Waals surface area contributed by atoms with E-state index >= 15 is 0 Å². The summed E-state index contributed by atoms with van der Waals surface area (Å²) in [6.45, 7) is 6.75. The van der Waals surface area contributed by atoms with Crippen LogP contribution >= 0.6 is 0 Å². The van der Waals surface area contributed by atoms with Crippen molar-refractivity contribution in [2.75, 3.05) is 29.8 Å². The summed E-state index contributed by atoms with van der Waals surface area (Å²) in [6, 6.07) is 4.66. The fraction of sp³-hybridized carbons (Fsp3) is 0.647. The zero-order chi connectivity index (χ0) is 19.4. The summed E-state index contributed by atoms with van der Waals surface area (Å²) in [4.78, 5) is 0.167. The van der Waals surface area contributed by atoms with Crippen molar-refractivity contribution in [2.24, 2.45) is 0 Å². The van der Waals surface area contributed by atoms with Crippen LogP contribution in [0.4, 0.5) is 5.69 Å². The van der Waals surface area contributed by atoms with E-state index in [-0.39, 0.29) is 23.3 Å². The molecule has 26 heavy (non-hydrogen) atoms. The first-order valence-electron chi connectivity index (χ1n) is 8.86. The summed E-state index contributed by atoms with van der Waals surface area (Å²) < 4.78 is 58.7. The third kappa shape index (κ3) is 5.42. The molecule has 148 valence electrons. The highest BCUT2D eigenvalue weighted by Gasteiger charge is 2.27. The molecule has 0 radical (unpaired) electrons. The number of nitrogens with zero attached hydrogens (tertiary/aromatic N) is 1. The molecular formula is C17H28N2O5S2. The van der Waals surface area contributed by atoms with Gasteiger partial charge in [0.2, 0.25) is 20.0 Å². The normalized spacial score (nSPS) is 17.6. The number of hydrogen-bond donors (Lipinski definition) is 1. The second kappa shape index (κ2) is 8.69. The van der Waals surface area contributed by atoms with Gasteiger partial charge in [-0.1, -0.05) is 0 Å². The van der Waals surface area contributed by atoms with Crippen LogP contribution in [0.1, 0.15) is 38.7 Å². The molecule has 1 N–H and O–H groups in total. The fourth-order valence-corrected chi connectivity index (χ4v) is 5.77. The topological polar surface area (TPSA) is 92.8 Å². The molecule has 1 aliphatic rings. The molecule has 0 bridgehead atoms. The quantitative estimate of drug-likeness (QED) is 0.669. The second-order valence-electron chi connectivity index (χ2n) is 6.72. The van der Waals surface area contributed by atoms with Crippen LogP contribution in [0.3, 0.4) is 0 Å². The van der Waals surface area contributed by atoms with Gasteiger partial charge < -0.3 is 4.74 Å². The van der Waals surface area contributed by atoms with Crippen molar-refractivity contribution in [3.8, 4) is 0 Å². The molecule has 0 saturated carbocycles. The maximum atomic E-state index is 12.5. The van der Waals surface area contributed by atoms with Crippen LogP contribution in [-0.2, 0) is 24.8 Å². The first-order valence-corrected chi connectivity index (χ1v) is 11.9. The minimum Gasteiger partial charge on any atom is -0.379 e. The lowest BCUT2D eigenvalue weighted by Gasteiger charge is -2.28. The van der Waals surface area contributed by atoms with Crippen molar-refractivity contribution in [3.05, 3.63) is 23.8 Å². The fourth-order valence-electron chi connectivity index (χ4n) is 2.84. The summed E-state index contributed by atoms with van der Waals surface area (Å²) in [5, 5.41) is 0. The molecule has 7 nitrogen and oxygen atoms in total. The molecule has 0 aliphatic carbocycles. The Labute approximate surface area is 156 Å². The van der Waals surface area contributed by atoms with E-state index < -0.39 is 20.0 Å². The third-order valence-electron chi connectivity index (χ3n) is 4.15. The van der Waals surface area contributed by atoms with Crippen LogP contribution in [-0.4, -0.2) is 48.4 Å². The van der Waals surface area contributed by atoms with E-state index in [1.165, 1.54) is 10.4 Å². The summed E-state index contributed by atoms with van der Waals surface area (Å²) in [7, 11) is -6.96. The molecular weight excluding hydrogens is 376 g/mol. The molecule has 1 fully saturated rings. The molecule has 1 heterocycles. The average molecular weight is 405 g/mol. The Bertz CT molecular complexity index is 820. The molecule has 1 aromatic carbocycles. The number of nitrogens with one attached hydrogen (secondary N) is 1. The van der Waals surface area contributed by atoms with Crippen LogP contribution in [0, 0.1) is 6.92 Å². The Morgan fingerprint density at radius 2 is 2.00 bits per heavy atom. The molecule has 0 unspecified atom stereocenters. The molecule has 9 heteroatoms. The van der Waals surface area contributed by atoms with Crippen LogP contribution in [0.25, 0.3) is 0 Å². The first kappa shape index (κ1) is 21.1. The monoisotopic (exact) mass is 404 g/mol. The number of sulfonamides is 2. The smallest absolute Gasteiger partial charge is 0.240 e. The highest BCUT2D eigenvalue weighted by molar-refractivity contribution is 7.92. The lowest BCUT2D eigenvalue weighted by atomic mass is 10.2. The Balaban J connectivity index is 2.08. The van der Waals surface area contributed by atoms with Crippen molar-refractivity contribution in [1.29, 1.82) is 0 Å². The first-order chi connectivity index (χ1) is 12.1. The van der Waals surface area contributed by atoms with Gasteiger partial charge in [0.15, 0.2) is 0 Å². The zero-order valence-corrected chi connectivity index (χ0v) is 17.2. The third-order valence-corrected chi connectivity index (χ3v) is 7.64. The summed E-state index contributed by atoms with van der Waals surface area (Å²) >= 11 is 0. The number of ether oxygens (including phenoxy) is 1. The molecule has 2 rings (SSSR count). The van der Waals surface area contributed by atoms with E-state index in [0.717, 1.165) is 6.42 Å². The molecule has 0 spiro atoms. The van der Waals surface area contributed by atoms with E-state index in [0.29, 0.717) is 37.2 Å². The van der Waals surface area contributed by atoms with Gasteiger partial charge in [-0.25, -0.2) is 21.6 Å². The van der Waals surface area contributed by atoms with Crippen LogP contribution < -0.4 is 9.03 Å². The minimum absolute atomic E-state index is 0.118. The summed E-state index contributed by atoms with van der Waals surface area (Å²) in [6.07, 6.45) is 2.17. The second-order valence-corrected chi connectivity index (χ2v) is 10.5. The maximum absolute atomic E-state index is 12.5. The van der Waals surface area contributed by atoms with E-state index in [2.05, 4.69) is 4.72 Å². The highest BCUT2D eigenvalue weighted by Crippen LogP contribution is 2.27. The highest BCUT2D eigenvalue weighted by atomic mass is 32.2. The number of benzene rings is 1. The zero-order valence-electron chi connectivity index (χ0n) is 15.6. The lowest BCUT2D eigenvalue weighted by molar-refractivity contribution is 0.0778. The van der Waals surface area contributed by atoms with E-state index in [1.54, 1.807) is 19.1 Å². The number of anilines is 1. The number of aryl methyl sites for hydroxylation is 1. The Hall–Kier alpha value is -1.16. The van der Waals surface area contributed by atoms with E-state index in [1.807, 2.05) is 13.8 Å². The Kier molecular flexibility index (Phi) is 7.06. The van der Waals surface area contributed by atoms with Crippen molar-refractivity contribution in [2.45, 2.75) is 51.0 Å². The van der Waals surface area contributed by atoms with Gasteiger partial charge in [0.25, 0.3) is 0 Å². The lowest BCUT2D eigenvalue weighted by Crippen LogP contribution is -2.38. The van der Waals surface area contributed by atoms with Gasteiger partial charge in [-0.05, 0) is 63.8 Å². The van der Waals surface area contributed by atoms with Gasteiger partial charge in [0.05, 0.1) is 22.4 Å². The van der Waals surface area contributed by atoms with E-state index in [9.17, 15) is 16.8 Å². The maximum Gasteiger partial charge on any atom is 0.240 e. The van der Waals surface area contributed by atoms with Crippen LogP contribution in [0.2, 0.25) is 0 Å². The predicted molar refractivity (Wildman–Crippen MR) is 102 cm³/mol. The summed E-state index contributed by atoms with van der Waals surface area (Å²) in [5.74, 6) is 0.131. The van der Waals surface area contributed by atoms with Crippen molar-refractivity contribution in [1.82, 2.24) is 4.72 Å². The van der Waals surface area contributed by atoms with Crippen molar-refractivity contribution >= 4 is 25.7 Å².